The van der Waals surface area contributed by atoms with E-state index in [0.29, 0.717) is 26.1 Å². The molecule has 0 aliphatic carbocycles. The van der Waals surface area contributed by atoms with Gasteiger partial charge < -0.3 is 10.5 Å². The second-order valence-electron chi connectivity index (χ2n) is 3.11. The van der Waals surface area contributed by atoms with Gasteiger partial charge in [0, 0.05) is 19.1 Å². The van der Waals surface area contributed by atoms with E-state index in [1.54, 1.807) is 0 Å². The maximum absolute atomic E-state index is 11.3. The average Bonchev–Trinajstić information content (AvgIpc) is 2.18. The van der Waals surface area contributed by atoms with Crippen LogP contribution >= 0.6 is 0 Å². The Morgan fingerprint density at radius 3 is 2.64 bits per heavy atom. The highest BCUT2D eigenvalue weighted by Gasteiger charge is 2.21. The highest BCUT2D eigenvalue weighted by molar-refractivity contribution is 5.78. The summed E-state index contributed by atoms with van der Waals surface area (Å²) in [7, 11) is 0. The molecule has 0 radical (unpaired) electrons. The summed E-state index contributed by atoms with van der Waals surface area (Å²) in [4.78, 5) is 26.2. The van der Waals surface area contributed by atoms with Gasteiger partial charge in [0.1, 0.15) is 0 Å². The summed E-state index contributed by atoms with van der Waals surface area (Å²) in [6, 6.07) is 0. The summed E-state index contributed by atoms with van der Waals surface area (Å²) in [6.07, 6.45) is 1.37. The van der Waals surface area contributed by atoms with Gasteiger partial charge in [-0.15, -0.1) is 0 Å². The van der Waals surface area contributed by atoms with Crippen molar-refractivity contribution in [2.45, 2.75) is 12.8 Å². The number of rotatable bonds is 4. The monoisotopic (exact) mass is 202 g/mol. The van der Waals surface area contributed by atoms with Crippen LogP contribution in [-0.2, 0) is 19.2 Å². The van der Waals surface area contributed by atoms with Crippen LogP contribution in [0.25, 0.3) is 0 Å². The maximum atomic E-state index is 11.3. The lowest BCUT2D eigenvalue weighted by Gasteiger charge is -2.20. The highest BCUT2D eigenvalue weighted by Crippen LogP contribution is 2.14. The molecule has 2 amide bonds. The number of carbonyl (C=O) groups excluding carboxylic acids is 2. The first-order chi connectivity index (χ1) is 6.70. The Balaban J connectivity index is 2.16. The largest absolute Gasteiger partial charge is 0.381 e. The minimum atomic E-state index is -0.614. The van der Waals surface area contributed by atoms with E-state index in [4.69, 9.17) is 10.5 Å². The van der Waals surface area contributed by atoms with Crippen molar-refractivity contribution in [2.75, 3.05) is 19.8 Å². The molecule has 1 heterocycles. The molecule has 0 unspecified atom stereocenters. The maximum Gasteiger partial charge on any atom is 0.246 e. The number of carbonyl (C=O) groups is 2. The summed E-state index contributed by atoms with van der Waals surface area (Å²) in [5.41, 5.74) is 7.01. The van der Waals surface area contributed by atoms with E-state index in [9.17, 15) is 9.59 Å². The molecule has 0 atom stereocenters. The first-order valence-electron chi connectivity index (χ1n) is 4.48. The minimum absolute atomic E-state index is 0.0865. The third-order valence-electron chi connectivity index (χ3n) is 1.98. The standard InChI is InChI=1S/C8H14N2O4/c9-7(11)5-14-10-8(12)6-1-3-13-4-2-6/h6H,1-5H2,(H2,9,11)(H,10,12). The summed E-state index contributed by atoms with van der Waals surface area (Å²) in [6.45, 7) is 0.886. The van der Waals surface area contributed by atoms with Crippen molar-refractivity contribution < 1.29 is 19.2 Å². The van der Waals surface area contributed by atoms with Crippen LogP contribution in [0.1, 0.15) is 12.8 Å². The molecule has 6 nitrogen and oxygen atoms in total. The van der Waals surface area contributed by atoms with Gasteiger partial charge in [-0.1, -0.05) is 0 Å². The third kappa shape index (κ3) is 3.71. The lowest BCUT2D eigenvalue weighted by Crippen LogP contribution is -2.36. The molecular formula is C8H14N2O4. The lowest BCUT2D eigenvalue weighted by molar-refractivity contribution is -0.143. The molecule has 1 aliphatic heterocycles. The fraction of sp³-hybridized carbons (Fsp3) is 0.750. The van der Waals surface area contributed by atoms with Gasteiger partial charge in [0.05, 0.1) is 0 Å². The lowest BCUT2D eigenvalue weighted by atomic mass is 10.0. The second kappa shape index (κ2) is 5.56. The summed E-state index contributed by atoms with van der Waals surface area (Å²) in [5, 5.41) is 0. The fourth-order valence-corrected chi connectivity index (χ4v) is 1.22. The van der Waals surface area contributed by atoms with Gasteiger partial charge in [-0.3, -0.25) is 14.4 Å². The Bertz CT molecular complexity index is 213. The van der Waals surface area contributed by atoms with Crippen molar-refractivity contribution in [1.29, 1.82) is 0 Å². The predicted octanol–water partition coefficient (Wildman–Crippen LogP) is -1.05. The van der Waals surface area contributed by atoms with Crippen molar-refractivity contribution in [1.82, 2.24) is 5.48 Å². The first-order valence-corrected chi connectivity index (χ1v) is 4.48. The van der Waals surface area contributed by atoms with Gasteiger partial charge in [0.25, 0.3) is 0 Å². The first kappa shape index (κ1) is 10.9. The van der Waals surface area contributed by atoms with E-state index in [1.165, 1.54) is 0 Å². The number of hydrogen-bond donors (Lipinski definition) is 2. The number of amides is 2. The molecule has 1 fully saturated rings. The van der Waals surface area contributed by atoms with E-state index in [2.05, 4.69) is 10.3 Å². The Morgan fingerprint density at radius 1 is 1.43 bits per heavy atom. The number of primary amides is 1. The predicted molar refractivity (Wildman–Crippen MR) is 46.8 cm³/mol. The number of nitrogens with one attached hydrogen (secondary N) is 1. The summed E-state index contributed by atoms with van der Waals surface area (Å²) in [5.74, 6) is -0.913. The zero-order valence-corrected chi connectivity index (χ0v) is 7.82. The van der Waals surface area contributed by atoms with Gasteiger partial charge in [-0.05, 0) is 12.8 Å². The van der Waals surface area contributed by atoms with Crippen molar-refractivity contribution in [3.8, 4) is 0 Å². The van der Waals surface area contributed by atoms with E-state index in [0.717, 1.165) is 0 Å². The van der Waals surface area contributed by atoms with Gasteiger partial charge in [-0.25, -0.2) is 5.48 Å². The molecule has 1 aliphatic rings. The quantitative estimate of drug-likeness (QED) is 0.569. The molecule has 0 aromatic heterocycles. The molecule has 6 heteroatoms. The van der Waals surface area contributed by atoms with Gasteiger partial charge in [-0.2, -0.15) is 0 Å². The van der Waals surface area contributed by atoms with Gasteiger partial charge >= 0.3 is 0 Å². The number of hydroxylamine groups is 1. The van der Waals surface area contributed by atoms with Crippen molar-refractivity contribution in [3.63, 3.8) is 0 Å². The van der Waals surface area contributed by atoms with E-state index >= 15 is 0 Å². The number of nitrogens with two attached hydrogens (primary N) is 1. The number of hydrogen-bond acceptors (Lipinski definition) is 4. The smallest absolute Gasteiger partial charge is 0.246 e. The SMILES string of the molecule is NC(=O)CONC(=O)C1CCOCC1. The summed E-state index contributed by atoms with van der Waals surface area (Å²) >= 11 is 0. The molecule has 0 saturated carbocycles. The van der Waals surface area contributed by atoms with Crippen LogP contribution in [0.4, 0.5) is 0 Å². The second-order valence-corrected chi connectivity index (χ2v) is 3.11. The van der Waals surface area contributed by atoms with Gasteiger partial charge in [0.2, 0.25) is 11.8 Å². The average molecular weight is 202 g/mol. The van der Waals surface area contributed by atoms with Crippen LogP contribution < -0.4 is 11.2 Å². The topological polar surface area (TPSA) is 90.7 Å². The van der Waals surface area contributed by atoms with Crippen LogP contribution in [0, 0.1) is 5.92 Å². The van der Waals surface area contributed by atoms with Crippen LogP contribution in [0.15, 0.2) is 0 Å². The molecule has 0 aromatic carbocycles. The zero-order valence-electron chi connectivity index (χ0n) is 7.82. The molecule has 0 spiro atoms. The van der Waals surface area contributed by atoms with Crippen LogP contribution in [0.5, 0.6) is 0 Å². The highest BCUT2D eigenvalue weighted by atomic mass is 16.7. The molecule has 3 N–H and O–H groups in total. The Morgan fingerprint density at radius 2 is 2.07 bits per heavy atom. The van der Waals surface area contributed by atoms with Crippen molar-refractivity contribution in [2.24, 2.45) is 11.7 Å². The van der Waals surface area contributed by atoms with Crippen LogP contribution in [0.3, 0.4) is 0 Å². The molecule has 1 rings (SSSR count). The van der Waals surface area contributed by atoms with E-state index < -0.39 is 5.91 Å². The van der Waals surface area contributed by atoms with E-state index in [-0.39, 0.29) is 18.4 Å². The van der Waals surface area contributed by atoms with E-state index in [1.807, 2.05) is 0 Å². The minimum Gasteiger partial charge on any atom is -0.381 e. The molecule has 1 saturated heterocycles. The van der Waals surface area contributed by atoms with Crippen LogP contribution in [0.2, 0.25) is 0 Å². The normalized spacial score (nSPS) is 17.7. The Kier molecular flexibility index (Phi) is 4.34. The summed E-state index contributed by atoms with van der Waals surface area (Å²) < 4.78 is 5.10. The number of ether oxygens (including phenoxy) is 1. The van der Waals surface area contributed by atoms with Gasteiger partial charge in [0.15, 0.2) is 6.61 Å². The Labute approximate surface area is 81.7 Å². The molecule has 14 heavy (non-hydrogen) atoms. The van der Waals surface area contributed by atoms with Crippen LogP contribution in [-0.4, -0.2) is 31.6 Å². The zero-order chi connectivity index (χ0) is 10.4. The van der Waals surface area contributed by atoms with Crippen molar-refractivity contribution in [3.05, 3.63) is 0 Å². The molecule has 80 valence electrons. The fourth-order valence-electron chi connectivity index (χ4n) is 1.22. The Hall–Kier alpha value is -1.14. The van der Waals surface area contributed by atoms with Crippen molar-refractivity contribution >= 4 is 11.8 Å². The molecule has 0 aromatic rings. The molecular weight excluding hydrogens is 188 g/mol. The third-order valence-corrected chi connectivity index (χ3v) is 1.98. The molecule has 0 bridgehead atoms.